The standard InChI is InChI=1S/C26H33N5O5/c1-19-4-3-5-21(16-19)25(30-12-14-36-15-13-30)18-27-26(33)22-6-7-23(24(17-22)31(34)35)29-10-8-28(9-11-29)20(2)32/h3-7,16-17,25H,8-15,18H2,1-2H3,(H,27,33). The van der Waals surface area contributed by atoms with Crippen LogP contribution in [-0.2, 0) is 9.53 Å². The van der Waals surface area contributed by atoms with Crippen LogP contribution >= 0.6 is 0 Å². The summed E-state index contributed by atoms with van der Waals surface area (Å²) in [7, 11) is 0. The summed E-state index contributed by atoms with van der Waals surface area (Å²) in [6.07, 6.45) is 0. The maximum absolute atomic E-state index is 13.1. The number of amides is 2. The van der Waals surface area contributed by atoms with Gasteiger partial charge in [-0.25, -0.2) is 0 Å². The highest BCUT2D eigenvalue weighted by Gasteiger charge is 2.27. The fourth-order valence-corrected chi connectivity index (χ4v) is 4.86. The summed E-state index contributed by atoms with van der Waals surface area (Å²) in [5.74, 6) is -0.353. The van der Waals surface area contributed by atoms with E-state index in [1.165, 1.54) is 13.0 Å². The largest absolute Gasteiger partial charge is 0.379 e. The summed E-state index contributed by atoms with van der Waals surface area (Å²) in [6, 6.07) is 12.8. The molecule has 2 amide bonds. The van der Waals surface area contributed by atoms with Crippen LogP contribution in [0.4, 0.5) is 11.4 Å². The maximum Gasteiger partial charge on any atom is 0.293 e. The molecule has 2 aromatic rings. The van der Waals surface area contributed by atoms with Crippen molar-refractivity contribution in [3.05, 3.63) is 69.3 Å². The molecule has 0 aliphatic carbocycles. The van der Waals surface area contributed by atoms with Gasteiger partial charge in [-0.1, -0.05) is 29.8 Å². The molecule has 1 atom stereocenters. The Bertz CT molecular complexity index is 1110. The van der Waals surface area contributed by atoms with Crippen LogP contribution in [-0.4, -0.2) is 85.6 Å². The van der Waals surface area contributed by atoms with Gasteiger partial charge in [0.15, 0.2) is 0 Å². The molecule has 2 heterocycles. The van der Waals surface area contributed by atoms with Crippen molar-refractivity contribution in [2.75, 3.05) is 63.9 Å². The second kappa shape index (κ2) is 11.5. The Hall–Kier alpha value is -3.50. The van der Waals surface area contributed by atoms with Crippen LogP contribution in [0.5, 0.6) is 0 Å². The number of hydrogen-bond acceptors (Lipinski definition) is 7. The van der Waals surface area contributed by atoms with Gasteiger partial charge in [0.25, 0.3) is 11.6 Å². The molecule has 2 aliphatic heterocycles. The van der Waals surface area contributed by atoms with Crippen LogP contribution in [0.1, 0.15) is 34.5 Å². The number of carbonyl (C=O) groups excluding carboxylic acids is 2. The van der Waals surface area contributed by atoms with Crippen molar-refractivity contribution in [1.82, 2.24) is 15.1 Å². The second-order valence-electron chi connectivity index (χ2n) is 9.24. The van der Waals surface area contributed by atoms with E-state index < -0.39 is 4.92 Å². The lowest BCUT2D eigenvalue weighted by Gasteiger charge is -2.35. The number of rotatable bonds is 7. The van der Waals surface area contributed by atoms with Crippen LogP contribution in [0.25, 0.3) is 0 Å². The lowest BCUT2D eigenvalue weighted by molar-refractivity contribution is -0.384. The molecule has 0 radical (unpaired) electrons. The van der Waals surface area contributed by atoms with Crippen LogP contribution in [0.3, 0.4) is 0 Å². The predicted octanol–water partition coefficient (Wildman–Crippen LogP) is 2.38. The average molecular weight is 496 g/mol. The van der Waals surface area contributed by atoms with Gasteiger partial charge in [0.05, 0.1) is 24.2 Å². The fourth-order valence-electron chi connectivity index (χ4n) is 4.86. The lowest BCUT2D eigenvalue weighted by atomic mass is 10.0. The minimum Gasteiger partial charge on any atom is -0.379 e. The van der Waals surface area contributed by atoms with E-state index in [0.717, 1.165) is 24.2 Å². The van der Waals surface area contributed by atoms with E-state index in [0.29, 0.717) is 51.6 Å². The molecule has 2 aromatic carbocycles. The number of nitro benzene ring substituents is 1. The van der Waals surface area contributed by atoms with Crippen molar-refractivity contribution in [1.29, 1.82) is 0 Å². The molecule has 1 N–H and O–H groups in total. The zero-order valence-electron chi connectivity index (χ0n) is 20.8. The monoisotopic (exact) mass is 495 g/mol. The molecule has 0 aromatic heterocycles. The van der Waals surface area contributed by atoms with Gasteiger partial charge in [0.2, 0.25) is 5.91 Å². The number of benzene rings is 2. The molecular formula is C26H33N5O5. The quantitative estimate of drug-likeness (QED) is 0.464. The van der Waals surface area contributed by atoms with Crippen molar-refractivity contribution in [2.45, 2.75) is 19.9 Å². The van der Waals surface area contributed by atoms with E-state index in [4.69, 9.17) is 4.74 Å². The highest BCUT2D eigenvalue weighted by atomic mass is 16.6. The van der Waals surface area contributed by atoms with E-state index in [9.17, 15) is 19.7 Å². The third-order valence-electron chi connectivity index (χ3n) is 6.87. The normalized spacial score (nSPS) is 17.5. The minimum atomic E-state index is -0.452. The smallest absolute Gasteiger partial charge is 0.293 e. The number of nitro groups is 1. The summed E-state index contributed by atoms with van der Waals surface area (Å²) in [5.41, 5.74) is 2.86. The Balaban J connectivity index is 1.48. The third-order valence-corrected chi connectivity index (χ3v) is 6.87. The Morgan fingerprint density at radius 3 is 2.42 bits per heavy atom. The molecular weight excluding hydrogens is 462 g/mol. The SMILES string of the molecule is CC(=O)N1CCN(c2ccc(C(=O)NCC(c3cccc(C)c3)N3CCOCC3)cc2[N+](=O)[O-])CC1. The van der Waals surface area contributed by atoms with Gasteiger partial charge in [-0.2, -0.15) is 0 Å². The molecule has 10 heteroatoms. The molecule has 4 rings (SSSR count). The van der Waals surface area contributed by atoms with Gasteiger partial charge in [-0.3, -0.25) is 24.6 Å². The molecule has 0 saturated carbocycles. The zero-order valence-corrected chi connectivity index (χ0v) is 20.8. The predicted molar refractivity (Wildman–Crippen MR) is 136 cm³/mol. The van der Waals surface area contributed by atoms with Crippen LogP contribution in [0, 0.1) is 17.0 Å². The summed E-state index contributed by atoms with van der Waals surface area (Å²) in [6.45, 7) is 8.80. The summed E-state index contributed by atoms with van der Waals surface area (Å²) in [4.78, 5) is 42.0. The number of nitrogens with one attached hydrogen (secondary N) is 1. The number of morpholine rings is 1. The first-order valence-corrected chi connectivity index (χ1v) is 12.3. The molecule has 1 unspecified atom stereocenters. The topological polar surface area (TPSA) is 108 Å². The number of aryl methyl sites for hydroxylation is 1. The molecule has 36 heavy (non-hydrogen) atoms. The number of nitrogens with zero attached hydrogens (tertiary/aromatic N) is 4. The van der Waals surface area contributed by atoms with Crippen molar-refractivity contribution in [3.8, 4) is 0 Å². The van der Waals surface area contributed by atoms with E-state index in [-0.39, 0.29) is 29.1 Å². The van der Waals surface area contributed by atoms with E-state index in [2.05, 4.69) is 22.3 Å². The molecule has 2 fully saturated rings. The Labute approximate surface area is 211 Å². The van der Waals surface area contributed by atoms with Gasteiger partial charge < -0.3 is 19.9 Å². The number of anilines is 1. The first kappa shape index (κ1) is 25.6. The van der Waals surface area contributed by atoms with E-state index in [1.807, 2.05) is 24.0 Å². The van der Waals surface area contributed by atoms with Crippen molar-refractivity contribution < 1.29 is 19.2 Å². The number of ether oxygens (including phenoxy) is 1. The van der Waals surface area contributed by atoms with Crippen LogP contribution in [0.15, 0.2) is 42.5 Å². The Morgan fingerprint density at radius 1 is 1.06 bits per heavy atom. The lowest BCUT2D eigenvalue weighted by Crippen LogP contribution is -2.48. The number of carbonyl (C=O) groups is 2. The third kappa shape index (κ3) is 6.00. The molecule has 10 nitrogen and oxygen atoms in total. The molecule has 2 aliphatic rings. The van der Waals surface area contributed by atoms with E-state index in [1.54, 1.807) is 17.0 Å². The van der Waals surface area contributed by atoms with E-state index >= 15 is 0 Å². The first-order valence-electron chi connectivity index (χ1n) is 12.3. The van der Waals surface area contributed by atoms with Crippen molar-refractivity contribution >= 4 is 23.2 Å². The van der Waals surface area contributed by atoms with Gasteiger partial charge in [0.1, 0.15) is 5.69 Å². The molecule has 2 saturated heterocycles. The summed E-state index contributed by atoms with van der Waals surface area (Å²) in [5, 5.41) is 14.9. The Kier molecular flexibility index (Phi) is 8.17. The van der Waals surface area contributed by atoms with Gasteiger partial charge >= 0.3 is 0 Å². The first-order chi connectivity index (χ1) is 17.3. The average Bonchev–Trinajstić information content (AvgIpc) is 2.89. The molecule has 0 spiro atoms. The minimum absolute atomic E-state index is 0.00258. The number of hydrogen-bond donors (Lipinski definition) is 1. The molecule has 192 valence electrons. The van der Waals surface area contributed by atoms with Crippen molar-refractivity contribution in [3.63, 3.8) is 0 Å². The second-order valence-corrected chi connectivity index (χ2v) is 9.24. The highest BCUT2D eigenvalue weighted by molar-refractivity contribution is 5.95. The zero-order chi connectivity index (χ0) is 25.7. The van der Waals surface area contributed by atoms with Gasteiger partial charge in [-0.05, 0) is 24.6 Å². The number of piperazine rings is 1. The van der Waals surface area contributed by atoms with Gasteiger partial charge in [-0.15, -0.1) is 0 Å². The summed E-state index contributed by atoms with van der Waals surface area (Å²) >= 11 is 0. The van der Waals surface area contributed by atoms with Gasteiger partial charge in [0, 0.05) is 64.4 Å². The molecule has 0 bridgehead atoms. The maximum atomic E-state index is 13.1. The Morgan fingerprint density at radius 2 is 1.78 bits per heavy atom. The van der Waals surface area contributed by atoms with Crippen LogP contribution < -0.4 is 10.2 Å². The van der Waals surface area contributed by atoms with Crippen molar-refractivity contribution in [2.24, 2.45) is 0 Å². The summed E-state index contributed by atoms with van der Waals surface area (Å²) < 4.78 is 5.50. The highest BCUT2D eigenvalue weighted by Crippen LogP contribution is 2.30. The fraction of sp³-hybridized carbons (Fsp3) is 0.462. The van der Waals surface area contributed by atoms with Crippen LogP contribution in [0.2, 0.25) is 0 Å².